The second kappa shape index (κ2) is 10.1. The number of aryl methyl sites for hydroxylation is 2. The fourth-order valence-corrected chi connectivity index (χ4v) is 5.40. The highest BCUT2D eigenvalue weighted by atomic mass is 16.4. The molecule has 0 spiro atoms. The SMILES string of the molecule is Cc1cccc(C)c1NC(=O)C1=C[N+]2CN(c3ccc(C4CCC(CC(=O)O)CC4)cc3)C=CC2=N1. The normalized spacial score (nSPS) is 21.6. The molecule has 2 aromatic rings. The van der Waals surface area contributed by atoms with Crippen molar-refractivity contribution in [3.05, 3.63) is 83.3 Å². The highest BCUT2D eigenvalue weighted by molar-refractivity contribution is 6.10. The molecule has 0 saturated heterocycles. The van der Waals surface area contributed by atoms with E-state index in [4.69, 9.17) is 5.11 Å². The Kier molecular flexibility index (Phi) is 6.74. The summed E-state index contributed by atoms with van der Waals surface area (Å²) in [4.78, 5) is 32.5. The Bertz CT molecular complexity index is 1230. The van der Waals surface area contributed by atoms with Crippen LogP contribution in [-0.2, 0) is 9.59 Å². The topological polar surface area (TPSA) is 87.9 Å². The van der Waals surface area contributed by atoms with E-state index in [0.29, 0.717) is 24.2 Å². The molecule has 1 aliphatic carbocycles. The number of carbonyl (C=O) groups is 2. The maximum Gasteiger partial charge on any atom is 0.303 e. The average molecular weight is 485 g/mol. The fraction of sp³-hybridized carbons (Fsp3) is 0.345. The summed E-state index contributed by atoms with van der Waals surface area (Å²) in [6.07, 6.45) is 10.1. The summed E-state index contributed by atoms with van der Waals surface area (Å²) >= 11 is 0. The number of hydrogen-bond donors (Lipinski definition) is 2. The number of para-hydroxylation sites is 1. The van der Waals surface area contributed by atoms with Gasteiger partial charge in [0.2, 0.25) is 6.67 Å². The lowest BCUT2D eigenvalue weighted by Gasteiger charge is -2.28. The Morgan fingerprint density at radius 1 is 1.06 bits per heavy atom. The zero-order chi connectivity index (χ0) is 25.2. The number of anilines is 2. The van der Waals surface area contributed by atoms with Crippen LogP contribution in [0.5, 0.6) is 0 Å². The predicted octanol–water partition coefficient (Wildman–Crippen LogP) is 5.38. The number of amides is 1. The van der Waals surface area contributed by atoms with Gasteiger partial charge in [-0.3, -0.25) is 14.5 Å². The van der Waals surface area contributed by atoms with Gasteiger partial charge in [-0.2, -0.15) is 4.99 Å². The van der Waals surface area contributed by atoms with Crippen molar-refractivity contribution in [2.45, 2.75) is 51.9 Å². The Labute approximate surface area is 211 Å². The molecule has 1 amide bonds. The van der Waals surface area contributed by atoms with Gasteiger partial charge >= 0.3 is 5.97 Å². The largest absolute Gasteiger partial charge is 0.481 e. The van der Waals surface area contributed by atoms with E-state index in [1.165, 1.54) is 5.56 Å². The number of amidine groups is 1. The highest BCUT2D eigenvalue weighted by Gasteiger charge is 2.35. The van der Waals surface area contributed by atoms with Crippen LogP contribution in [0.2, 0.25) is 0 Å². The van der Waals surface area contributed by atoms with Gasteiger partial charge in [0, 0.05) is 30.1 Å². The molecular formula is C29H32N4O3+. The van der Waals surface area contributed by atoms with Gasteiger partial charge in [0.25, 0.3) is 11.7 Å². The van der Waals surface area contributed by atoms with E-state index in [1.54, 1.807) is 6.20 Å². The van der Waals surface area contributed by atoms with Gasteiger partial charge in [-0.05, 0) is 80.2 Å². The van der Waals surface area contributed by atoms with Crippen LogP contribution in [0.25, 0.3) is 0 Å². The van der Waals surface area contributed by atoms with Gasteiger partial charge < -0.3 is 10.4 Å². The molecule has 36 heavy (non-hydrogen) atoms. The molecule has 2 aromatic carbocycles. The smallest absolute Gasteiger partial charge is 0.303 e. The number of carboxylic acids is 1. The van der Waals surface area contributed by atoms with E-state index < -0.39 is 5.97 Å². The van der Waals surface area contributed by atoms with Crippen LogP contribution in [0.1, 0.15) is 54.7 Å². The number of carbonyl (C=O) groups excluding carboxylic acids is 1. The molecule has 2 heterocycles. The number of aliphatic carboxylic acids is 1. The molecule has 1 radical (unpaired) electrons. The van der Waals surface area contributed by atoms with Crippen molar-refractivity contribution in [3.63, 3.8) is 0 Å². The molecule has 185 valence electrons. The Morgan fingerprint density at radius 3 is 2.42 bits per heavy atom. The van der Waals surface area contributed by atoms with Gasteiger partial charge in [-0.15, -0.1) is 0 Å². The third-order valence-electron chi connectivity index (χ3n) is 7.47. The first-order valence-corrected chi connectivity index (χ1v) is 12.6. The van der Waals surface area contributed by atoms with Crippen molar-refractivity contribution in [2.75, 3.05) is 16.9 Å². The zero-order valence-electron chi connectivity index (χ0n) is 20.8. The molecule has 0 aromatic heterocycles. The molecule has 0 bridgehead atoms. The van der Waals surface area contributed by atoms with Crippen LogP contribution >= 0.6 is 0 Å². The summed E-state index contributed by atoms with van der Waals surface area (Å²) in [5.41, 5.74) is 5.68. The second-order valence-corrected chi connectivity index (χ2v) is 10.0. The first-order chi connectivity index (χ1) is 17.4. The molecule has 7 nitrogen and oxygen atoms in total. The van der Waals surface area contributed by atoms with Crippen LogP contribution in [0.15, 0.2) is 71.6 Å². The quantitative estimate of drug-likeness (QED) is 0.539. The maximum atomic E-state index is 12.9. The van der Waals surface area contributed by atoms with Crippen LogP contribution in [0.3, 0.4) is 0 Å². The van der Waals surface area contributed by atoms with Crippen molar-refractivity contribution >= 4 is 29.1 Å². The summed E-state index contributed by atoms with van der Waals surface area (Å²) in [6.45, 7) is 4.55. The van der Waals surface area contributed by atoms with Crippen LogP contribution < -0.4 is 15.1 Å². The number of rotatable bonds is 6. The lowest BCUT2D eigenvalue weighted by molar-refractivity contribution is -0.138. The number of hydrogen-bond acceptors (Lipinski definition) is 5. The first-order valence-electron chi connectivity index (χ1n) is 12.6. The minimum absolute atomic E-state index is 0.211. The van der Waals surface area contributed by atoms with Crippen molar-refractivity contribution < 1.29 is 14.7 Å². The Balaban J connectivity index is 1.21. The number of carboxylic acid groups (broad SMARTS) is 1. The number of nitrogens with zero attached hydrogens (tertiary/aromatic N) is 3. The van der Waals surface area contributed by atoms with Crippen molar-refractivity contribution in [2.24, 2.45) is 10.9 Å². The first kappa shape index (κ1) is 24.0. The zero-order valence-corrected chi connectivity index (χ0v) is 20.8. The second-order valence-electron chi connectivity index (χ2n) is 10.0. The molecule has 7 heteroatoms. The van der Waals surface area contributed by atoms with E-state index in [9.17, 15) is 9.59 Å². The van der Waals surface area contributed by atoms with Gasteiger partial charge in [0.1, 0.15) is 0 Å². The standard InChI is InChI=1S/C29H32N4O3/c1-19-4-3-5-20(2)28(19)31-29(36)25-17-33-18-32(15-14-26(33)30-25)24-12-10-23(11-13-24)22-8-6-21(7-9-22)16-27(34)35/h3-5,10-15,17,21-22H,6-9,16,18H2,1-2H3,(H,31,36)(H,34,35)/q+1. The summed E-state index contributed by atoms with van der Waals surface area (Å²) in [5, 5.41) is 12.1. The van der Waals surface area contributed by atoms with E-state index in [0.717, 1.165) is 54.0 Å². The lowest BCUT2D eigenvalue weighted by atomic mass is 9.77. The van der Waals surface area contributed by atoms with Crippen molar-refractivity contribution in [1.29, 1.82) is 0 Å². The summed E-state index contributed by atoms with van der Waals surface area (Å²) in [7, 11) is 0. The Hall–Kier alpha value is -3.71. The van der Waals surface area contributed by atoms with Crippen molar-refractivity contribution in [1.82, 2.24) is 4.90 Å². The third kappa shape index (κ3) is 5.11. The van der Waals surface area contributed by atoms with Gasteiger partial charge in [-0.25, -0.2) is 0 Å². The molecular weight excluding hydrogens is 452 g/mol. The average Bonchev–Trinajstić information content (AvgIpc) is 3.30. The van der Waals surface area contributed by atoms with Crippen LogP contribution in [0, 0.1) is 19.8 Å². The van der Waals surface area contributed by atoms with Gasteiger partial charge in [-0.1, -0.05) is 35.2 Å². The monoisotopic (exact) mass is 484 g/mol. The van der Waals surface area contributed by atoms with Crippen molar-refractivity contribution in [3.8, 4) is 0 Å². The summed E-state index contributed by atoms with van der Waals surface area (Å²) in [5.74, 6) is 0.671. The summed E-state index contributed by atoms with van der Waals surface area (Å²) in [6, 6.07) is 14.6. The molecule has 2 N–H and O–H groups in total. The molecule has 1 saturated carbocycles. The third-order valence-corrected chi connectivity index (χ3v) is 7.47. The number of fused-ring (bicyclic) bond motifs is 1. The van der Waals surface area contributed by atoms with E-state index in [-0.39, 0.29) is 12.3 Å². The molecule has 1 fully saturated rings. The van der Waals surface area contributed by atoms with Gasteiger partial charge in [0.15, 0.2) is 11.9 Å². The van der Waals surface area contributed by atoms with Crippen LogP contribution in [-0.4, -0.2) is 29.5 Å². The minimum atomic E-state index is -0.687. The van der Waals surface area contributed by atoms with E-state index in [1.807, 2.05) is 49.2 Å². The number of benzene rings is 2. The molecule has 2 aliphatic heterocycles. The number of nitrogens with one attached hydrogen (secondary N) is 1. The molecule has 3 aliphatic rings. The Morgan fingerprint density at radius 2 is 1.75 bits per heavy atom. The molecule has 0 unspecified atom stereocenters. The predicted molar refractivity (Wildman–Crippen MR) is 142 cm³/mol. The molecule has 5 rings (SSSR count). The van der Waals surface area contributed by atoms with E-state index in [2.05, 4.69) is 39.5 Å². The maximum absolute atomic E-state index is 12.9. The van der Waals surface area contributed by atoms with Gasteiger partial charge in [0.05, 0.1) is 0 Å². The lowest BCUT2D eigenvalue weighted by Crippen LogP contribution is -2.41. The van der Waals surface area contributed by atoms with E-state index >= 15 is 0 Å². The minimum Gasteiger partial charge on any atom is -0.481 e. The fourth-order valence-electron chi connectivity index (χ4n) is 5.40. The summed E-state index contributed by atoms with van der Waals surface area (Å²) < 4.78 is 0. The van der Waals surface area contributed by atoms with Crippen LogP contribution in [0.4, 0.5) is 11.4 Å². The molecule has 0 atom stereocenters. The number of aliphatic imine (C=N–C) groups is 1. The highest BCUT2D eigenvalue weighted by Crippen LogP contribution is 2.37.